The van der Waals surface area contributed by atoms with E-state index in [4.69, 9.17) is 0 Å². The first-order valence-corrected chi connectivity index (χ1v) is 9.92. The van der Waals surface area contributed by atoms with Crippen LogP contribution in [0, 0.1) is 12.8 Å². The fourth-order valence-electron chi connectivity index (χ4n) is 4.29. The SMILES string of the molecule is Cc1ccc(C(=O)CN2CCC(CN3Cc4ccccc4C3O)CC2)cc1.Cl. The fraction of sp³-hybridized carbons (Fsp3) is 0.435. The molecule has 2 heterocycles. The second-order valence-electron chi connectivity index (χ2n) is 8.01. The number of hydrogen-bond donors (Lipinski definition) is 1. The highest BCUT2D eigenvalue weighted by Crippen LogP contribution is 2.33. The van der Waals surface area contributed by atoms with Gasteiger partial charge >= 0.3 is 0 Å². The highest BCUT2D eigenvalue weighted by molar-refractivity contribution is 5.97. The molecule has 0 bridgehead atoms. The molecule has 2 aromatic carbocycles. The van der Waals surface area contributed by atoms with Crippen LogP contribution in [-0.2, 0) is 6.54 Å². The largest absolute Gasteiger partial charge is 0.374 e. The Morgan fingerprint density at radius 2 is 1.75 bits per heavy atom. The second-order valence-corrected chi connectivity index (χ2v) is 8.01. The Labute approximate surface area is 173 Å². The summed E-state index contributed by atoms with van der Waals surface area (Å²) in [6, 6.07) is 16.0. The second kappa shape index (κ2) is 9.19. The summed E-state index contributed by atoms with van der Waals surface area (Å²) in [5.41, 5.74) is 4.28. The van der Waals surface area contributed by atoms with Crippen molar-refractivity contribution in [3.8, 4) is 0 Å². The van der Waals surface area contributed by atoms with Crippen molar-refractivity contribution in [1.82, 2.24) is 9.80 Å². The zero-order valence-electron chi connectivity index (χ0n) is 16.4. The molecular weight excluding hydrogens is 372 g/mol. The average molecular weight is 401 g/mol. The van der Waals surface area contributed by atoms with E-state index in [0.717, 1.165) is 50.1 Å². The van der Waals surface area contributed by atoms with Crippen LogP contribution in [0.1, 0.15) is 46.1 Å². The zero-order chi connectivity index (χ0) is 18.8. The summed E-state index contributed by atoms with van der Waals surface area (Å²) in [5.74, 6) is 0.790. The molecule has 1 fully saturated rings. The third kappa shape index (κ3) is 4.64. The van der Waals surface area contributed by atoms with Crippen molar-refractivity contribution in [2.24, 2.45) is 5.92 Å². The average Bonchev–Trinajstić information content (AvgIpc) is 3.00. The van der Waals surface area contributed by atoms with E-state index in [1.807, 2.05) is 49.4 Å². The highest BCUT2D eigenvalue weighted by atomic mass is 35.5. The molecule has 0 saturated carbocycles. The molecule has 0 radical (unpaired) electrons. The number of ketones is 1. The molecule has 1 saturated heterocycles. The molecule has 4 rings (SSSR count). The summed E-state index contributed by atoms with van der Waals surface area (Å²) >= 11 is 0. The number of hydrogen-bond acceptors (Lipinski definition) is 4. The fourth-order valence-corrected chi connectivity index (χ4v) is 4.29. The van der Waals surface area contributed by atoms with Gasteiger partial charge in [-0.25, -0.2) is 0 Å². The van der Waals surface area contributed by atoms with Gasteiger partial charge in [0.25, 0.3) is 0 Å². The maximum Gasteiger partial charge on any atom is 0.176 e. The van der Waals surface area contributed by atoms with Gasteiger partial charge in [0.15, 0.2) is 5.78 Å². The third-order valence-electron chi connectivity index (χ3n) is 5.99. The van der Waals surface area contributed by atoms with Crippen LogP contribution in [0.25, 0.3) is 0 Å². The molecule has 150 valence electrons. The molecule has 1 unspecified atom stereocenters. The molecule has 28 heavy (non-hydrogen) atoms. The van der Waals surface area contributed by atoms with Gasteiger partial charge in [-0.05, 0) is 49.9 Å². The number of aliphatic hydroxyl groups is 1. The van der Waals surface area contributed by atoms with E-state index in [-0.39, 0.29) is 18.2 Å². The number of benzene rings is 2. The number of nitrogens with zero attached hydrogens (tertiary/aromatic N) is 2. The van der Waals surface area contributed by atoms with Crippen molar-refractivity contribution >= 4 is 18.2 Å². The van der Waals surface area contributed by atoms with Crippen molar-refractivity contribution in [1.29, 1.82) is 0 Å². The van der Waals surface area contributed by atoms with Crippen LogP contribution in [0.15, 0.2) is 48.5 Å². The van der Waals surface area contributed by atoms with Gasteiger partial charge in [0.05, 0.1) is 6.54 Å². The van der Waals surface area contributed by atoms with E-state index in [1.165, 1.54) is 11.1 Å². The van der Waals surface area contributed by atoms with Crippen LogP contribution in [0.5, 0.6) is 0 Å². The van der Waals surface area contributed by atoms with Crippen LogP contribution in [0.3, 0.4) is 0 Å². The van der Waals surface area contributed by atoms with E-state index in [9.17, 15) is 9.90 Å². The Hall–Kier alpha value is -1.72. The minimum atomic E-state index is -0.470. The molecule has 1 atom stereocenters. The van der Waals surface area contributed by atoms with Crippen molar-refractivity contribution < 1.29 is 9.90 Å². The maximum absolute atomic E-state index is 12.5. The van der Waals surface area contributed by atoms with E-state index in [0.29, 0.717) is 12.5 Å². The predicted octanol–water partition coefficient (Wildman–Crippen LogP) is 3.82. The number of halogens is 1. The Morgan fingerprint density at radius 1 is 1.07 bits per heavy atom. The lowest BCUT2D eigenvalue weighted by Crippen LogP contribution is -2.40. The van der Waals surface area contributed by atoms with Crippen molar-refractivity contribution in [2.45, 2.75) is 32.5 Å². The predicted molar refractivity (Wildman–Crippen MR) is 114 cm³/mol. The molecule has 4 nitrogen and oxygen atoms in total. The van der Waals surface area contributed by atoms with Gasteiger partial charge in [-0.15, -0.1) is 12.4 Å². The topological polar surface area (TPSA) is 43.8 Å². The summed E-state index contributed by atoms with van der Waals surface area (Å²) in [4.78, 5) is 16.9. The standard InChI is InChI=1S/C23H28N2O2.ClH/c1-17-6-8-19(9-7-17)22(26)16-24-12-10-18(11-13-24)14-25-15-20-4-2-3-5-21(20)23(25)27;/h2-9,18,23,27H,10-16H2,1H3;1H. The Bertz CT molecular complexity index is 801. The Balaban J connectivity index is 0.00000225. The normalized spacial score (nSPS) is 20.6. The zero-order valence-corrected chi connectivity index (χ0v) is 17.2. The van der Waals surface area contributed by atoms with Crippen LogP contribution < -0.4 is 0 Å². The van der Waals surface area contributed by atoms with Crippen molar-refractivity contribution in [3.05, 3.63) is 70.8 Å². The number of piperidine rings is 1. The molecule has 0 aromatic heterocycles. The number of aliphatic hydroxyl groups excluding tert-OH is 1. The summed E-state index contributed by atoms with van der Waals surface area (Å²) in [7, 11) is 0. The molecular formula is C23H29ClN2O2. The summed E-state index contributed by atoms with van der Waals surface area (Å²) in [6.07, 6.45) is 1.70. The number of Topliss-reactive ketones (excluding diaryl/α,β-unsaturated/α-hetero) is 1. The lowest BCUT2D eigenvalue weighted by molar-refractivity contribution is -0.00352. The van der Waals surface area contributed by atoms with Gasteiger partial charge in [-0.2, -0.15) is 0 Å². The Kier molecular flexibility index (Phi) is 6.89. The van der Waals surface area contributed by atoms with E-state index in [1.54, 1.807) is 0 Å². The molecule has 0 spiro atoms. The molecule has 0 amide bonds. The Morgan fingerprint density at radius 3 is 2.43 bits per heavy atom. The highest BCUT2D eigenvalue weighted by Gasteiger charge is 2.31. The minimum Gasteiger partial charge on any atom is -0.374 e. The summed E-state index contributed by atoms with van der Waals surface area (Å²) in [6.45, 7) is 6.22. The number of rotatable bonds is 5. The van der Waals surface area contributed by atoms with Gasteiger partial charge < -0.3 is 5.11 Å². The third-order valence-corrected chi connectivity index (χ3v) is 5.99. The lowest BCUT2D eigenvalue weighted by atomic mass is 9.95. The van der Waals surface area contributed by atoms with Gasteiger partial charge in [0.1, 0.15) is 6.23 Å². The quantitative estimate of drug-likeness (QED) is 0.775. The molecule has 2 aliphatic heterocycles. The maximum atomic E-state index is 12.5. The van der Waals surface area contributed by atoms with E-state index in [2.05, 4.69) is 15.9 Å². The van der Waals surface area contributed by atoms with Gasteiger partial charge in [0.2, 0.25) is 0 Å². The van der Waals surface area contributed by atoms with Crippen molar-refractivity contribution in [2.75, 3.05) is 26.2 Å². The summed E-state index contributed by atoms with van der Waals surface area (Å²) < 4.78 is 0. The van der Waals surface area contributed by atoms with E-state index >= 15 is 0 Å². The first kappa shape index (κ1) is 21.0. The first-order chi connectivity index (χ1) is 13.1. The van der Waals surface area contributed by atoms with Gasteiger partial charge in [0, 0.05) is 18.7 Å². The van der Waals surface area contributed by atoms with Crippen LogP contribution in [0.4, 0.5) is 0 Å². The van der Waals surface area contributed by atoms with Crippen LogP contribution in [0.2, 0.25) is 0 Å². The number of likely N-dealkylation sites (tertiary alicyclic amines) is 1. The van der Waals surface area contributed by atoms with Crippen LogP contribution >= 0.6 is 12.4 Å². The smallest absolute Gasteiger partial charge is 0.176 e. The molecule has 1 N–H and O–H groups in total. The molecule has 0 aliphatic carbocycles. The van der Waals surface area contributed by atoms with Gasteiger partial charge in [-0.3, -0.25) is 14.6 Å². The number of carbonyl (C=O) groups is 1. The number of aryl methyl sites for hydroxylation is 1. The molecule has 2 aliphatic rings. The molecule has 2 aromatic rings. The minimum absolute atomic E-state index is 0. The van der Waals surface area contributed by atoms with Crippen molar-refractivity contribution in [3.63, 3.8) is 0 Å². The lowest BCUT2D eigenvalue weighted by Gasteiger charge is -2.34. The summed E-state index contributed by atoms with van der Waals surface area (Å²) in [5, 5.41) is 10.6. The van der Waals surface area contributed by atoms with Crippen LogP contribution in [-0.4, -0.2) is 46.9 Å². The van der Waals surface area contributed by atoms with Gasteiger partial charge in [-0.1, -0.05) is 54.1 Å². The molecule has 5 heteroatoms. The monoisotopic (exact) mass is 400 g/mol. The first-order valence-electron chi connectivity index (χ1n) is 9.92. The number of fused-ring (bicyclic) bond motifs is 1. The van der Waals surface area contributed by atoms with E-state index < -0.39 is 6.23 Å². The number of carbonyl (C=O) groups excluding carboxylic acids is 1.